The summed E-state index contributed by atoms with van der Waals surface area (Å²) >= 11 is 0. The van der Waals surface area contributed by atoms with Gasteiger partial charge in [-0.25, -0.2) is 15.0 Å². The van der Waals surface area contributed by atoms with Crippen molar-refractivity contribution in [2.75, 3.05) is 0 Å². The zero-order valence-corrected chi connectivity index (χ0v) is 37.6. The van der Waals surface area contributed by atoms with Crippen LogP contribution in [0, 0.1) is 0 Å². The van der Waals surface area contributed by atoms with E-state index in [-0.39, 0.29) is 5.41 Å². The monoisotopic (exact) mass is 862 g/mol. The second kappa shape index (κ2) is 16.2. The number of hydrogen-bond acceptors (Lipinski definition) is 4. The van der Waals surface area contributed by atoms with Crippen LogP contribution in [0.15, 0.2) is 217 Å². The molecule has 0 fully saturated rings. The molecular formula is C62H46N4O. The fourth-order valence-corrected chi connectivity index (χ4v) is 9.75. The average Bonchev–Trinajstić information content (AvgIpc) is 3.93. The third kappa shape index (κ3) is 7.17. The zero-order chi connectivity index (χ0) is 45.1. The molecule has 0 spiro atoms. The number of fused-ring (bicyclic) bond motifs is 7. The first-order chi connectivity index (χ1) is 32.9. The Morgan fingerprint density at radius 3 is 1.52 bits per heavy atom. The van der Waals surface area contributed by atoms with Gasteiger partial charge in [0.25, 0.3) is 0 Å². The quantitative estimate of drug-likeness (QED) is 0.153. The number of furan rings is 1. The van der Waals surface area contributed by atoms with Gasteiger partial charge < -0.3 is 8.98 Å². The van der Waals surface area contributed by atoms with Gasteiger partial charge >= 0.3 is 0 Å². The predicted octanol–water partition coefficient (Wildman–Crippen LogP) is 16.1. The molecule has 12 aromatic rings. The van der Waals surface area contributed by atoms with Crippen molar-refractivity contribution >= 4 is 43.7 Å². The third-order valence-electron chi connectivity index (χ3n) is 13.0. The van der Waals surface area contributed by atoms with Crippen molar-refractivity contribution in [2.45, 2.75) is 32.6 Å². The lowest BCUT2D eigenvalue weighted by Gasteiger charge is -2.22. The Labute approximate surface area is 389 Å². The SMILES string of the molecule is CC(C)(C)c1ccc(-c2cc(Cc3nc(-c4ccccc4)nc(-c4ccccc4)n3)cc(-c3ccccc3)c2-n2c3ccccc3c3c4oc5c(-c6ccccc6)cccc5c4ccc32)cc1. The van der Waals surface area contributed by atoms with Crippen molar-refractivity contribution in [3.05, 3.63) is 229 Å². The normalized spacial score (nSPS) is 11.9. The van der Waals surface area contributed by atoms with Crippen molar-refractivity contribution in [3.8, 4) is 61.8 Å². The first-order valence-electron chi connectivity index (χ1n) is 23.0. The third-order valence-corrected chi connectivity index (χ3v) is 13.0. The van der Waals surface area contributed by atoms with Gasteiger partial charge in [-0.2, -0.15) is 0 Å². The molecule has 5 heteroatoms. The van der Waals surface area contributed by atoms with Gasteiger partial charge in [-0.1, -0.05) is 203 Å². The predicted molar refractivity (Wildman–Crippen MR) is 277 cm³/mol. The van der Waals surface area contributed by atoms with E-state index in [2.05, 4.69) is 201 Å². The maximum Gasteiger partial charge on any atom is 0.163 e. The molecule has 0 aliphatic rings. The first-order valence-corrected chi connectivity index (χ1v) is 23.0. The van der Waals surface area contributed by atoms with Crippen molar-refractivity contribution in [2.24, 2.45) is 0 Å². The Balaban J connectivity index is 1.14. The number of rotatable bonds is 8. The van der Waals surface area contributed by atoms with Gasteiger partial charge in [-0.05, 0) is 63.6 Å². The topological polar surface area (TPSA) is 56.7 Å². The highest BCUT2D eigenvalue weighted by Gasteiger charge is 2.25. The second-order valence-corrected chi connectivity index (χ2v) is 18.4. The highest BCUT2D eigenvalue weighted by molar-refractivity contribution is 6.25. The number of hydrogen-bond donors (Lipinski definition) is 0. The van der Waals surface area contributed by atoms with E-state index in [1.807, 2.05) is 36.4 Å². The number of benzene rings is 9. The summed E-state index contributed by atoms with van der Waals surface area (Å²) in [5, 5.41) is 4.43. The Kier molecular flexibility index (Phi) is 9.72. The molecule has 3 aromatic heterocycles. The summed E-state index contributed by atoms with van der Waals surface area (Å²) in [5.74, 6) is 2.01. The molecule has 0 N–H and O–H groups in total. The standard InChI is InChI=1S/C62H46N4O/c1-62(2,3)46-33-31-43(32-34-46)52-38-40(39-55-63-60(44-23-12-6-13-24-44)65-61(64-55)45-25-14-7-15-26-45)37-51(42-21-10-5-11-22-42)57(52)66-53-30-17-16-27-50(53)56-54(66)36-35-49-48-29-18-28-47(58(48)67-59(49)56)41-19-8-4-9-20-41/h4-38H,39H2,1-3H3. The Hall–Kier alpha value is -8.41. The van der Waals surface area contributed by atoms with Crippen molar-refractivity contribution in [1.82, 2.24) is 19.5 Å². The van der Waals surface area contributed by atoms with Crippen LogP contribution in [0.2, 0.25) is 0 Å². The van der Waals surface area contributed by atoms with Crippen LogP contribution in [-0.2, 0) is 11.8 Å². The fraction of sp³-hybridized carbons (Fsp3) is 0.0806. The lowest BCUT2D eigenvalue weighted by Crippen LogP contribution is -2.10. The maximum absolute atomic E-state index is 7.12. The Bertz CT molecular complexity index is 3720. The van der Waals surface area contributed by atoms with Gasteiger partial charge in [0.05, 0.1) is 22.1 Å². The van der Waals surface area contributed by atoms with Crippen LogP contribution in [0.1, 0.15) is 37.7 Å². The van der Waals surface area contributed by atoms with Gasteiger partial charge in [-0.3, -0.25) is 0 Å². The van der Waals surface area contributed by atoms with Crippen molar-refractivity contribution in [1.29, 1.82) is 0 Å². The summed E-state index contributed by atoms with van der Waals surface area (Å²) in [6.45, 7) is 6.80. The number of para-hydroxylation sites is 2. The van der Waals surface area contributed by atoms with Crippen LogP contribution in [0.4, 0.5) is 0 Å². The lowest BCUT2D eigenvalue weighted by molar-refractivity contribution is 0.590. The molecule has 0 unspecified atom stereocenters. The Morgan fingerprint density at radius 2 is 0.925 bits per heavy atom. The van der Waals surface area contributed by atoms with Crippen LogP contribution in [0.3, 0.4) is 0 Å². The van der Waals surface area contributed by atoms with E-state index in [1.54, 1.807) is 0 Å². The molecule has 0 aliphatic carbocycles. The molecule has 12 rings (SSSR count). The average molecular weight is 863 g/mol. The van der Waals surface area contributed by atoms with E-state index in [4.69, 9.17) is 19.4 Å². The molecule has 0 atom stereocenters. The summed E-state index contributed by atoms with van der Waals surface area (Å²) in [7, 11) is 0. The van der Waals surface area contributed by atoms with Gasteiger partial charge in [0.15, 0.2) is 11.6 Å². The second-order valence-electron chi connectivity index (χ2n) is 18.4. The molecular weight excluding hydrogens is 817 g/mol. The summed E-state index contributed by atoms with van der Waals surface area (Å²) in [5.41, 5.74) is 16.0. The highest BCUT2D eigenvalue weighted by Crippen LogP contribution is 2.46. The molecule has 0 bridgehead atoms. The van der Waals surface area contributed by atoms with Crippen LogP contribution < -0.4 is 0 Å². The molecule has 67 heavy (non-hydrogen) atoms. The van der Waals surface area contributed by atoms with Gasteiger partial charge in [0, 0.05) is 50.4 Å². The summed E-state index contributed by atoms with van der Waals surface area (Å²) in [6.07, 6.45) is 0.492. The largest absolute Gasteiger partial charge is 0.455 e. The molecule has 0 radical (unpaired) electrons. The maximum atomic E-state index is 7.12. The minimum absolute atomic E-state index is 0.00479. The van der Waals surface area contributed by atoms with Gasteiger partial charge in [-0.15, -0.1) is 0 Å². The van der Waals surface area contributed by atoms with E-state index in [1.165, 1.54) is 5.56 Å². The first kappa shape index (κ1) is 40.1. The fourth-order valence-electron chi connectivity index (χ4n) is 9.75. The highest BCUT2D eigenvalue weighted by atomic mass is 16.3. The zero-order valence-electron chi connectivity index (χ0n) is 37.6. The Morgan fingerprint density at radius 1 is 0.418 bits per heavy atom. The molecule has 5 nitrogen and oxygen atoms in total. The van der Waals surface area contributed by atoms with Gasteiger partial charge in [0.2, 0.25) is 0 Å². The minimum Gasteiger partial charge on any atom is -0.455 e. The minimum atomic E-state index is -0.00479. The van der Waals surface area contributed by atoms with Crippen molar-refractivity contribution < 1.29 is 4.42 Å². The van der Waals surface area contributed by atoms with E-state index in [0.29, 0.717) is 23.9 Å². The van der Waals surface area contributed by atoms with E-state index in [0.717, 1.165) is 99.5 Å². The summed E-state index contributed by atoms with van der Waals surface area (Å²) in [6, 6.07) is 75.3. The molecule has 3 heterocycles. The number of nitrogens with zero attached hydrogens (tertiary/aromatic N) is 4. The van der Waals surface area contributed by atoms with Gasteiger partial charge in [0.1, 0.15) is 17.0 Å². The van der Waals surface area contributed by atoms with Crippen LogP contribution in [-0.4, -0.2) is 19.5 Å². The molecule has 9 aromatic carbocycles. The van der Waals surface area contributed by atoms with Crippen LogP contribution in [0.25, 0.3) is 106 Å². The number of aromatic nitrogens is 4. The smallest absolute Gasteiger partial charge is 0.163 e. The van der Waals surface area contributed by atoms with Crippen LogP contribution in [0.5, 0.6) is 0 Å². The van der Waals surface area contributed by atoms with E-state index in [9.17, 15) is 0 Å². The van der Waals surface area contributed by atoms with E-state index < -0.39 is 0 Å². The molecule has 320 valence electrons. The molecule has 0 amide bonds. The molecule has 0 saturated carbocycles. The molecule has 0 aliphatic heterocycles. The van der Waals surface area contributed by atoms with Crippen molar-refractivity contribution in [3.63, 3.8) is 0 Å². The summed E-state index contributed by atoms with van der Waals surface area (Å²) in [4.78, 5) is 15.3. The lowest BCUT2D eigenvalue weighted by atomic mass is 9.85. The molecule has 0 saturated heterocycles. The van der Waals surface area contributed by atoms with Crippen LogP contribution >= 0.6 is 0 Å². The summed E-state index contributed by atoms with van der Waals surface area (Å²) < 4.78 is 9.59. The van der Waals surface area contributed by atoms with E-state index >= 15 is 0 Å².